The number of benzene rings is 2. The van der Waals surface area contributed by atoms with Crippen LogP contribution < -0.4 is 10.1 Å². The number of fused-ring (bicyclic) bond motifs is 1. The van der Waals surface area contributed by atoms with Crippen molar-refractivity contribution in [3.05, 3.63) is 66.1 Å². The summed E-state index contributed by atoms with van der Waals surface area (Å²) in [5.74, 6) is 0.928. The highest BCUT2D eigenvalue weighted by Gasteiger charge is 2.11. The third kappa shape index (κ3) is 3.11. The van der Waals surface area contributed by atoms with E-state index in [-0.39, 0.29) is 5.91 Å². The molecule has 0 saturated heterocycles. The molecule has 2 aromatic carbocycles. The fourth-order valence-electron chi connectivity index (χ4n) is 2.28. The average molecular weight is 295 g/mol. The van der Waals surface area contributed by atoms with Gasteiger partial charge in [-0.25, -0.2) is 0 Å². The van der Waals surface area contributed by atoms with Crippen LogP contribution in [0.3, 0.4) is 0 Å². The number of furan rings is 1. The van der Waals surface area contributed by atoms with E-state index in [0.717, 1.165) is 16.7 Å². The smallest absolute Gasteiger partial charge is 0.287 e. The first-order valence-corrected chi connectivity index (χ1v) is 7.18. The van der Waals surface area contributed by atoms with Crippen LogP contribution in [-0.4, -0.2) is 19.1 Å². The molecule has 112 valence electrons. The van der Waals surface area contributed by atoms with Gasteiger partial charge in [0.1, 0.15) is 12.4 Å². The number of carbonyl (C=O) groups excluding carboxylic acids is 1. The highest BCUT2D eigenvalue weighted by atomic mass is 16.5. The van der Waals surface area contributed by atoms with Gasteiger partial charge in [0.2, 0.25) is 0 Å². The van der Waals surface area contributed by atoms with Gasteiger partial charge in [-0.15, -0.1) is 0 Å². The van der Waals surface area contributed by atoms with Crippen LogP contribution in [0, 0.1) is 6.92 Å². The predicted molar refractivity (Wildman–Crippen MR) is 85.2 cm³/mol. The Hall–Kier alpha value is -2.75. The Kier molecular flexibility index (Phi) is 4.10. The van der Waals surface area contributed by atoms with E-state index in [4.69, 9.17) is 9.15 Å². The zero-order valence-corrected chi connectivity index (χ0v) is 12.3. The summed E-state index contributed by atoms with van der Waals surface area (Å²) in [6, 6.07) is 15.8. The SMILES string of the molecule is Cc1ccoc1C(=O)NCCOc1ccc2ccccc2c1. The van der Waals surface area contributed by atoms with E-state index < -0.39 is 0 Å². The van der Waals surface area contributed by atoms with Crippen molar-refractivity contribution in [2.75, 3.05) is 13.2 Å². The number of ether oxygens (including phenoxy) is 1. The van der Waals surface area contributed by atoms with Crippen LogP contribution in [0.2, 0.25) is 0 Å². The van der Waals surface area contributed by atoms with Gasteiger partial charge < -0.3 is 14.5 Å². The van der Waals surface area contributed by atoms with E-state index in [2.05, 4.69) is 11.4 Å². The Morgan fingerprint density at radius 3 is 2.73 bits per heavy atom. The zero-order valence-electron chi connectivity index (χ0n) is 12.3. The van der Waals surface area contributed by atoms with Gasteiger partial charge >= 0.3 is 0 Å². The molecule has 22 heavy (non-hydrogen) atoms. The van der Waals surface area contributed by atoms with Crippen molar-refractivity contribution in [1.82, 2.24) is 5.32 Å². The Morgan fingerprint density at radius 1 is 1.14 bits per heavy atom. The topological polar surface area (TPSA) is 51.5 Å². The van der Waals surface area contributed by atoms with Crippen LogP contribution in [0.25, 0.3) is 10.8 Å². The molecule has 0 aliphatic heterocycles. The molecule has 1 aromatic heterocycles. The summed E-state index contributed by atoms with van der Waals surface area (Å²) in [6.45, 7) is 2.67. The molecule has 0 aliphatic carbocycles. The lowest BCUT2D eigenvalue weighted by molar-refractivity contribution is 0.0918. The molecule has 3 aromatic rings. The Labute approximate surface area is 128 Å². The quantitative estimate of drug-likeness (QED) is 0.732. The fraction of sp³-hybridized carbons (Fsp3) is 0.167. The minimum atomic E-state index is -0.218. The van der Waals surface area contributed by atoms with Crippen molar-refractivity contribution in [2.45, 2.75) is 6.92 Å². The number of aryl methyl sites for hydroxylation is 1. The molecule has 0 unspecified atom stereocenters. The van der Waals surface area contributed by atoms with E-state index in [1.54, 1.807) is 6.07 Å². The zero-order chi connectivity index (χ0) is 15.4. The largest absolute Gasteiger partial charge is 0.492 e. The molecule has 4 heteroatoms. The van der Waals surface area contributed by atoms with Crippen LogP contribution in [0.1, 0.15) is 16.1 Å². The van der Waals surface area contributed by atoms with Crippen molar-refractivity contribution in [3.8, 4) is 5.75 Å². The van der Waals surface area contributed by atoms with Gasteiger partial charge in [-0.05, 0) is 35.9 Å². The monoisotopic (exact) mass is 295 g/mol. The number of carbonyl (C=O) groups is 1. The maximum atomic E-state index is 11.9. The second kappa shape index (κ2) is 6.35. The van der Waals surface area contributed by atoms with Gasteiger partial charge in [0.15, 0.2) is 5.76 Å². The summed E-state index contributed by atoms with van der Waals surface area (Å²) < 4.78 is 10.8. The van der Waals surface area contributed by atoms with Gasteiger partial charge in [-0.3, -0.25) is 4.79 Å². The molecule has 0 bridgehead atoms. The van der Waals surface area contributed by atoms with Crippen LogP contribution in [0.4, 0.5) is 0 Å². The van der Waals surface area contributed by atoms with Crippen LogP contribution >= 0.6 is 0 Å². The summed E-state index contributed by atoms with van der Waals surface area (Å²) in [6.07, 6.45) is 1.51. The van der Waals surface area contributed by atoms with E-state index in [1.807, 2.05) is 43.3 Å². The van der Waals surface area contributed by atoms with Gasteiger partial charge in [-0.2, -0.15) is 0 Å². The highest BCUT2D eigenvalue weighted by Crippen LogP contribution is 2.20. The molecular weight excluding hydrogens is 278 g/mol. The molecule has 0 atom stereocenters. The van der Waals surface area contributed by atoms with E-state index in [0.29, 0.717) is 18.9 Å². The molecule has 0 fully saturated rings. The van der Waals surface area contributed by atoms with Crippen molar-refractivity contribution >= 4 is 16.7 Å². The lowest BCUT2D eigenvalue weighted by Gasteiger charge is -2.08. The molecule has 3 rings (SSSR count). The third-order valence-corrected chi connectivity index (χ3v) is 3.45. The fourth-order valence-corrected chi connectivity index (χ4v) is 2.28. The maximum Gasteiger partial charge on any atom is 0.287 e. The molecule has 1 heterocycles. The number of hydrogen-bond acceptors (Lipinski definition) is 3. The summed E-state index contributed by atoms with van der Waals surface area (Å²) in [4.78, 5) is 11.9. The van der Waals surface area contributed by atoms with Gasteiger partial charge in [0, 0.05) is 5.56 Å². The Bertz CT molecular complexity index is 792. The maximum absolute atomic E-state index is 11.9. The predicted octanol–water partition coefficient (Wildman–Crippen LogP) is 3.55. The molecule has 0 aliphatic rings. The summed E-state index contributed by atoms with van der Waals surface area (Å²) in [7, 11) is 0. The van der Waals surface area contributed by atoms with E-state index >= 15 is 0 Å². The third-order valence-electron chi connectivity index (χ3n) is 3.45. The summed E-state index contributed by atoms with van der Waals surface area (Å²) in [5.41, 5.74) is 0.827. The highest BCUT2D eigenvalue weighted by molar-refractivity contribution is 5.92. The molecule has 4 nitrogen and oxygen atoms in total. The van der Waals surface area contributed by atoms with Crippen molar-refractivity contribution in [3.63, 3.8) is 0 Å². The van der Waals surface area contributed by atoms with Gasteiger partial charge in [0.05, 0.1) is 12.8 Å². The van der Waals surface area contributed by atoms with E-state index in [9.17, 15) is 4.79 Å². The normalized spacial score (nSPS) is 10.6. The Morgan fingerprint density at radius 2 is 1.95 bits per heavy atom. The summed E-state index contributed by atoms with van der Waals surface area (Å²) in [5, 5.41) is 5.09. The lowest BCUT2D eigenvalue weighted by atomic mass is 10.1. The second-order valence-electron chi connectivity index (χ2n) is 5.05. The molecule has 1 amide bonds. The first-order valence-electron chi connectivity index (χ1n) is 7.18. The molecular formula is C18H17NO3. The first-order chi connectivity index (χ1) is 10.7. The minimum Gasteiger partial charge on any atom is -0.492 e. The van der Waals surface area contributed by atoms with Crippen molar-refractivity contribution < 1.29 is 13.9 Å². The average Bonchev–Trinajstić information content (AvgIpc) is 2.97. The van der Waals surface area contributed by atoms with Crippen molar-refractivity contribution in [2.24, 2.45) is 0 Å². The van der Waals surface area contributed by atoms with Crippen LogP contribution in [0.5, 0.6) is 5.75 Å². The lowest BCUT2D eigenvalue weighted by Crippen LogP contribution is -2.28. The molecule has 1 N–H and O–H groups in total. The van der Waals surface area contributed by atoms with Crippen LogP contribution in [-0.2, 0) is 0 Å². The number of nitrogens with one attached hydrogen (secondary N) is 1. The Balaban J connectivity index is 1.52. The standard InChI is InChI=1S/C18H17NO3/c1-13-8-10-22-17(13)18(20)19-9-11-21-16-7-6-14-4-2-3-5-15(14)12-16/h2-8,10,12H,9,11H2,1H3,(H,19,20). The van der Waals surface area contributed by atoms with E-state index in [1.165, 1.54) is 11.6 Å². The number of hydrogen-bond donors (Lipinski definition) is 1. The first kappa shape index (κ1) is 14.2. The van der Waals surface area contributed by atoms with Gasteiger partial charge in [0.25, 0.3) is 5.91 Å². The minimum absolute atomic E-state index is 0.218. The molecule has 0 saturated carbocycles. The molecule has 0 radical (unpaired) electrons. The summed E-state index contributed by atoms with van der Waals surface area (Å²) >= 11 is 0. The molecule has 0 spiro atoms. The number of amides is 1. The van der Waals surface area contributed by atoms with Crippen molar-refractivity contribution in [1.29, 1.82) is 0 Å². The second-order valence-corrected chi connectivity index (χ2v) is 5.05. The van der Waals surface area contributed by atoms with Gasteiger partial charge in [-0.1, -0.05) is 30.3 Å². The van der Waals surface area contributed by atoms with Crippen LogP contribution in [0.15, 0.2) is 59.2 Å². The number of rotatable bonds is 5.